The largest absolute Gasteiger partial charge is 0.314 e. The van der Waals surface area contributed by atoms with Crippen LogP contribution >= 0.6 is 0 Å². The first kappa shape index (κ1) is 13.6. The Morgan fingerprint density at radius 2 is 1.94 bits per heavy atom. The number of nitrogens with one attached hydrogen (secondary N) is 1. The molecule has 1 N–H and O–H groups in total. The lowest BCUT2D eigenvalue weighted by atomic mass is 9.89. The molecule has 0 fully saturated rings. The van der Waals surface area contributed by atoms with E-state index in [0.29, 0.717) is 6.04 Å². The van der Waals surface area contributed by atoms with Gasteiger partial charge in [0.1, 0.15) is 0 Å². The van der Waals surface area contributed by atoms with Crippen LogP contribution in [0.25, 0.3) is 0 Å². The Morgan fingerprint density at radius 3 is 2.72 bits per heavy atom. The van der Waals surface area contributed by atoms with E-state index in [-0.39, 0.29) is 0 Å². The van der Waals surface area contributed by atoms with Crippen LogP contribution in [-0.4, -0.2) is 12.6 Å². The Morgan fingerprint density at radius 1 is 1.17 bits per heavy atom. The van der Waals surface area contributed by atoms with Gasteiger partial charge in [-0.1, -0.05) is 31.5 Å². The molecule has 0 radical (unpaired) electrons. The summed E-state index contributed by atoms with van der Waals surface area (Å²) in [5.41, 5.74) is 4.71. The van der Waals surface area contributed by atoms with Gasteiger partial charge in [0.2, 0.25) is 0 Å². The van der Waals surface area contributed by atoms with E-state index in [2.05, 4.69) is 37.4 Å². The van der Waals surface area contributed by atoms with Gasteiger partial charge in [-0.2, -0.15) is 0 Å². The highest BCUT2D eigenvalue weighted by molar-refractivity contribution is 5.34. The summed E-state index contributed by atoms with van der Waals surface area (Å²) in [4.78, 5) is 0. The molecule has 1 aliphatic rings. The molecule has 0 aliphatic heterocycles. The topological polar surface area (TPSA) is 12.0 Å². The third kappa shape index (κ3) is 3.84. The van der Waals surface area contributed by atoms with Crippen LogP contribution in [0.1, 0.15) is 56.2 Å². The van der Waals surface area contributed by atoms with Crippen molar-refractivity contribution in [2.24, 2.45) is 0 Å². The van der Waals surface area contributed by atoms with Crippen LogP contribution in [0.5, 0.6) is 0 Å². The lowest BCUT2D eigenvalue weighted by Crippen LogP contribution is -2.29. The van der Waals surface area contributed by atoms with Crippen LogP contribution in [0.4, 0.5) is 0 Å². The third-order valence-electron chi connectivity index (χ3n) is 3.98. The molecular weight excluding hydrogens is 218 g/mol. The van der Waals surface area contributed by atoms with Gasteiger partial charge in [0, 0.05) is 6.04 Å². The Labute approximate surface area is 112 Å². The third-order valence-corrected chi connectivity index (χ3v) is 3.98. The standard InChI is InChI=1S/C17H27N/c1-3-4-11-18-14(2)12-15-9-10-16-7-5-6-8-17(16)13-15/h9-10,13-14,18H,3-8,11-12H2,1-2H3. The highest BCUT2D eigenvalue weighted by atomic mass is 14.9. The van der Waals surface area contributed by atoms with Crippen LogP contribution in [0, 0.1) is 0 Å². The maximum absolute atomic E-state index is 3.61. The molecule has 0 bridgehead atoms. The normalized spacial score (nSPS) is 16.3. The molecule has 1 heteroatoms. The number of fused-ring (bicyclic) bond motifs is 1. The monoisotopic (exact) mass is 245 g/mol. The van der Waals surface area contributed by atoms with E-state index in [1.54, 1.807) is 11.1 Å². The predicted octanol–water partition coefficient (Wildman–Crippen LogP) is 3.89. The molecule has 1 aliphatic carbocycles. The summed E-state index contributed by atoms with van der Waals surface area (Å²) in [5, 5.41) is 3.61. The molecule has 0 amide bonds. The van der Waals surface area contributed by atoms with Gasteiger partial charge in [0.15, 0.2) is 0 Å². The van der Waals surface area contributed by atoms with E-state index in [9.17, 15) is 0 Å². The molecular formula is C17H27N. The lowest BCUT2D eigenvalue weighted by molar-refractivity contribution is 0.530. The summed E-state index contributed by atoms with van der Waals surface area (Å²) in [5.74, 6) is 0. The Balaban J connectivity index is 1.89. The van der Waals surface area contributed by atoms with E-state index < -0.39 is 0 Å². The maximum atomic E-state index is 3.61. The Kier molecular flexibility index (Phi) is 5.25. The molecule has 1 unspecified atom stereocenters. The highest BCUT2D eigenvalue weighted by Crippen LogP contribution is 2.22. The van der Waals surface area contributed by atoms with Gasteiger partial charge in [-0.3, -0.25) is 0 Å². The molecule has 0 saturated heterocycles. The van der Waals surface area contributed by atoms with Gasteiger partial charge in [-0.05, 0) is 68.7 Å². The summed E-state index contributed by atoms with van der Waals surface area (Å²) < 4.78 is 0. The maximum Gasteiger partial charge on any atom is 0.00791 e. The molecule has 1 aromatic carbocycles. The zero-order valence-electron chi connectivity index (χ0n) is 12.0. The number of rotatable bonds is 6. The predicted molar refractivity (Wildman–Crippen MR) is 79.2 cm³/mol. The van der Waals surface area contributed by atoms with Gasteiger partial charge < -0.3 is 5.32 Å². The van der Waals surface area contributed by atoms with E-state index in [1.807, 2.05) is 0 Å². The molecule has 2 rings (SSSR count). The first-order valence-corrected chi connectivity index (χ1v) is 7.63. The van der Waals surface area contributed by atoms with Crippen LogP contribution in [0.3, 0.4) is 0 Å². The Hall–Kier alpha value is -0.820. The van der Waals surface area contributed by atoms with Crippen molar-refractivity contribution >= 4 is 0 Å². The number of unbranched alkanes of at least 4 members (excludes halogenated alkanes) is 1. The van der Waals surface area contributed by atoms with Gasteiger partial charge in [-0.15, -0.1) is 0 Å². The van der Waals surface area contributed by atoms with Crippen molar-refractivity contribution in [2.75, 3.05) is 6.54 Å². The number of hydrogen-bond acceptors (Lipinski definition) is 1. The minimum Gasteiger partial charge on any atom is -0.314 e. The van der Waals surface area contributed by atoms with Crippen LogP contribution in [-0.2, 0) is 19.3 Å². The quantitative estimate of drug-likeness (QED) is 0.750. The van der Waals surface area contributed by atoms with Crippen molar-refractivity contribution in [1.29, 1.82) is 0 Å². The van der Waals surface area contributed by atoms with Gasteiger partial charge in [0.25, 0.3) is 0 Å². The van der Waals surface area contributed by atoms with Crippen molar-refractivity contribution in [1.82, 2.24) is 5.32 Å². The summed E-state index contributed by atoms with van der Waals surface area (Å²) in [7, 11) is 0. The van der Waals surface area contributed by atoms with Crippen molar-refractivity contribution in [2.45, 2.75) is 64.8 Å². The molecule has 0 heterocycles. The van der Waals surface area contributed by atoms with Crippen LogP contribution in [0.15, 0.2) is 18.2 Å². The number of benzene rings is 1. The van der Waals surface area contributed by atoms with Crippen LogP contribution in [0.2, 0.25) is 0 Å². The second kappa shape index (κ2) is 6.94. The molecule has 1 atom stereocenters. The summed E-state index contributed by atoms with van der Waals surface area (Å²) in [6.45, 7) is 5.70. The summed E-state index contributed by atoms with van der Waals surface area (Å²) in [6, 6.07) is 7.75. The number of hydrogen-bond donors (Lipinski definition) is 1. The van der Waals surface area contributed by atoms with Gasteiger partial charge in [0.05, 0.1) is 0 Å². The van der Waals surface area contributed by atoms with Crippen molar-refractivity contribution in [3.63, 3.8) is 0 Å². The molecule has 18 heavy (non-hydrogen) atoms. The SMILES string of the molecule is CCCCNC(C)Cc1ccc2c(c1)CCCC2. The number of aryl methyl sites for hydroxylation is 2. The fourth-order valence-electron chi connectivity index (χ4n) is 2.86. The minimum absolute atomic E-state index is 0.596. The van der Waals surface area contributed by atoms with Crippen molar-refractivity contribution < 1.29 is 0 Å². The molecule has 1 aromatic rings. The zero-order chi connectivity index (χ0) is 12.8. The highest BCUT2D eigenvalue weighted by Gasteiger charge is 2.10. The zero-order valence-corrected chi connectivity index (χ0v) is 12.0. The van der Waals surface area contributed by atoms with Crippen LogP contribution < -0.4 is 5.32 Å². The van der Waals surface area contributed by atoms with Gasteiger partial charge >= 0.3 is 0 Å². The Bertz CT molecular complexity index is 370. The van der Waals surface area contributed by atoms with E-state index in [1.165, 1.54) is 44.1 Å². The summed E-state index contributed by atoms with van der Waals surface area (Å²) >= 11 is 0. The first-order valence-electron chi connectivity index (χ1n) is 7.63. The minimum atomic E-state index is 0.596. The second-order valence-electron chi connectivity index (χ2n) is 5.72. The average Bonchev–Trinajstić information content (AvgIpc) is 2.39. The average molecular weight is 245 g/mol. The fraction of sp³-hybridized carbons (Fsp3) is 0.647. The van der Waals surface area contributed by atoms with E-state index in [0.717, 1.165) is 13.0 Å². The van der Waals surface area contributed by atoms with Gasteiger partial charge in [-0.25, -0.2) is 0 Å². The smallest absolute Gasteiger partial charge is 0.00791 e. The van der Waals surface area contributed by atoms with E-state index in [4.69, 9.17) is 0 Å². The van der Waals surface area contributed by atoms with E-state index >= 15 is 0 Å². The molecule has 0 aromatic heterocycles. The first-order chi connectivity index (χ1) is 8.79. The van der Waals surface area contributed by atoms with Crippen molar-refractivity contribution in [3.05, 3.63) is 34.9 Å². The molecule has 1 nitrogen and oxygen atoms in total. The molecule has 0 spiro atoms. The molecule has 100 valence electrons. The van der Waals surface area contributed by atoms with Crippen molar-refractivity contribution in [3.8, 4) is 0 Å². The fourth-order valence-corrected chi connectivity index (χ4v) is 2.86. The summed E-state index contributed by atoms with van der Waals surface area (Å²) in [6.07, 6.45) is 9.06. The second-order valence-corrected chi connectivity index (χ2v) is 5.72. The molecule has 0 saturated carbocycles. The lowest BCUT2D eigenvalue weighted by Gasteiger charge is -2.18.